The van der Waals surface area contributed by atoms with Gasteiger partial charge in [-0.1, -0.05) is 0 Å². The number of carbonyl (C=O) groups is 1. The van der Waals surface area contributed by atoms with Crippen LogP contribution in [0.15, 0.2) is 16.9 Å². The molecule has 2 aromatic rings. The molecule has 30 heavy (non-hydrogen) atoms. The number of hydrogen-bond acceptors (Lipinski definition) is 6. The fourth-order valence-corrected chi connectivity index (χ4v) is 5.08. The van der Waals surface area contributed by atoms with Gasteiger partial charge in [0.1, 0.15) is 28.7 Å². The van der Waals surface area contributed by atoms with E-state index < -0.39 is 22.8 Å². The molecule has 2 atom stereocenters. The molecule has 5 rings (SSSR count). The van der Waals surface area contributed by atoms with Crippen molar-refractivity contribution in [1.29, 1.82) is 5.26 Å². The van der Waals surface area contributed by atoms with Crippen molar-refractivity contribution in [3.05, 3.63) is 39.4 Å². The highest BCUT2D eigenvalue weighted by molar-refractivity contribution is 5.95. The Morgan fingerprint density at radius 1 is 1.40 bits per heavy atom. The maximum absolute atomic E-state index is 15.3. The highest BCUT2D eigenvalue weighted by Crippen LogP contribution is 2.44. The molecule has 2 aliphatic heterocycles. The smallest absolute Gasteiger partial charge is 0.352 e. The van der Waals surface area contributed by atoms with Gasteiger partial charge in [0.2, 0.25) is 0 Å². The van der Waals surface area contributed by atoms with Crippen molar-refractivity contribution in [3.63, 3.8) is 0 Å². The molecular formula is C21H21FN4O4. The van der Waals surface area contributed by atoms with Crippen molar-refractivity contribution < 1.29 is 19.0 Å². The number of aromatic nitrogens is 1. The van der Waals surface area contributed by atoms with Crippen molar-refractivity contribution in [2.75, 3.05) is 31.1 Å². The van der Waals surface area contributed by atoms with Crippen LogP contribution in [0.2, 0.25) is 0 Å². The Balaban J connectivity index is 1.78. The number of ether oxygens (including phenoxy) is 1. The topological polar surface area (TPSA) is 122 Å². The van der Waals surface area contributed by atoms with Crippen molar-refractivity contribution in [2.45, 2.75) is 30.9 Å². The standard InChI is InChI=1S/C21H21FN4O4/c22-15-5-13-17(27)6-16(20(28)29)26(12-1-2-12)18(13)14(7-23)19(15)25-8-11-3-4-30-21(11,9-24)10-25/h5-6,11-12H,1-4,8-10,24H2,(H,28,29)/t11-,21+/m1/s1. The van der Waals surface area contributed by atoms with E-state index in [1.165, 1.54) is 4.57 Å². The van der Waals surface area contributed by atoms with Gasteiger partial charge in [0.15, 0.2) is 5.43 Å². The van der Waals surface area contributed by atoms with E-state index in [9.17, 15) is 20.0 Å². The predicted molar refractivity (Wildman–Crippen MR) is 106 cm³/mol. The number of hydrogen-bond donors (Lipinski definition) is 2. The lowest BCUT2D eigenvalue weighted by atomic mass is 9.91. The fourth-order valence-electron chi connectivity index (χ4n) is 5.08. The van der Waals surface area contributed by atoms with Crippen molar-refractivity contribution in [1.82, 2.24) is 4.57 Å². The molecule has 1 aromatic heterocycles. The average Bonchev–Trinajstić information content (AvgIpc) is 3.38. The molecule has 1 aliphatic carbocycles. The predicted octanol–water partition coefficient (Wildman–Crippen LogP) is 1.60. The maximum atomic E-state index is 15.3. The van der Waals surface area contributed by atoms with E-state index in [0.29, 0.717) is 26.2 Å². The summed E-state index contributed by atoms with van der Waals surface area (Å²) < 4.78 is 22.7. The van der Waals surface area contributed by atoms with Crippen LogP contribution in [0, 0.1) is 23.1 Å². The van der Waals surface area contributed by atoms with Gasteiger partial charge in [-0.25, -0.2) is 9.18 Å². The number of benzene rings is 1. The third kappa shape index (κ3) is 2.57. The van der Waals surface area contributed by atoms with E-state index in [1.807, 2.05) is 0 Å². The van der Waals surface area contributed by atoms with Crippen molar-refractivity contribution in [3.8, 4) is 6.07 Å². The maximum Gasteiger partial charge on any atom is 0.352 e. The minimum absolute atomic E-state index is 0.00996. The Hall–Kier alpha value is -2.96. The molecule has 3 aliphatic rings. The van der Waals surface area contributed by atoms with Gasteiger partial charge in [-0.15, -0.1) is 0 Å². The van der Waals surface area contributed by atoms with Crippen LogP contribution < -0.4 is 16.1 Å². The Labute approximate surface area is 171 Å². The van der Waals surface area contributed by atoms with Gasteiger partial charge in [0.25, 0.3) is 0 Å². The van der Waals surface area contributed by atoms with E-state index in [2.05, 4.69) is 6.07 Å². The summed E-state index contributed by atoms with van der Waals surface area (Å²) >= 11 is 0. The van der Waals surface area contributed by atoms with Crippen LogP contribution in [-0.4, -0.2) is 47.5 Å². The van der Waals surface area contributed by atoms with Gasteiger partial charge in [-0.2, -0.15) is 5.26 Å². The first-order valence-electron chi connectivity index (χ1n) is 10.0. The van der Waals surface area contributed by atoms with Crippen LogP contribution in [0.5, 0.6) is 0 Å². The van der Waals surface area contributed by atoms with E-state index in [4.69, 9.17) is 10.5 Å². The van der Waals surface area contributed by atoms with Gasteiger partial charge in [-0.3, -0.25) is 4.79 Å². The van der Waals surface area contributed by atoms with Gasteiger partial charge >= 0.3 is 5.97 Å². The van der Waals surface area contributed by atoms with Crippen LogP contribution in [0.4, 0.5) is 10.1 Å². The first-order chi connectivity index (χ1) is 14.4. The molecule has 0 amide bonds. The molecule has 1 saturated carbocycles. The van der Waals surface area contributed by atoms with Crippen LogP contribution in [0.3, 0.4) is 0 Å². The van der Waals surface area contributed by atoms with Gasteiger partial charge in [0, 0.05) is 44.3 Å². The minimum atomic E-state index is -1.25. The lowest BCUT2D eigenvalue weighted by Gasteiger charge is -2.28. The summed E-state index contributed by atoms with van der Waals surface area (Å²) in [5.41, 5.74) is 4.89. The van der Waals surface area contributed by atoms with Crippen molar-refractivity contribution >= 4 is 22.6 Å². The van der Waals surface area contributed by atoms with Crippen molar-refractivity contribution in [2.24, 2.45) is 11.7 Å². The number of halogens is 1. The monoisotopic (exact) mass is 412 g/mol. The van der Waals surface area contributed by atoms with E-state index in [-0.39, 0.29) is 39.8 Å². The summed E-state index contributed by atoms with van der Waals surface area (Å²) in [7, 11) is 0. The Bertz CT molecular complexity index is 1180. The number of pyridine rings is 1. The third-order valence-corrected chi connectivity index (χ3v) is 6.66. The van der Waals surface area contributed by atoms with Gasteiger partial charge in [-0.05, 0) is 25.3 Å². The summed E-state index contributed by atoms with van der Waals surface area (Å²) in [4.78, 5) is 26.2. The largest absolute Gasteiger partial charge is 0.477 e. The quantitative estimate of drug-likeness (QED) is 0.782. The minimum Gasteiger partial charge on any atom is -0.477 e. The Kier molecular flexibility index (Phi) is 4.14. The summed E-state index contributed by atoms with van der Waals surface area (Å²) in [5.74, 6) is -1.80. The van der Waals surface area contributed by atoms with E-state index in [0.717, 1.165) is 31.4 Å². The Morgan fingerprint density at radius 2 is 2.17 bits per heavy atom. The fraction of sp³-hybridized carbons (Fsp3) is 0.476. The van der Waals surface area contributed by atoms with E-state index in [1.54, 1.807) is 4.90 Å². The number of rotatable bonds is 4. The zero-order chi connectivity index (χ0) is 21.2. The Morgan fingerprint density at radius 3 is 2.77 bits per heavy atom. The number of nitriles is 1. The summed E-state index contributed by atoms with van der Waals surface area (Å²) in [6.45, 7) is 1.73. The molecular weight excluding hydrogens is 391 g/mol. The SMILES string of the molecule is N#Cc1c(N2C[C@H]3CCO[C@@]3(CN)C2)c(F)cc2c(=O)cc(C(=O)O)n(C3CC3)c12. The van der Waals surface area contributed by atoms with Crippen LogP contribution in [0.1, 0.15) is 41.4 Å². The van der Waals surface area contributed by atoms with Crippen LogP contribution in [-0.2, 0) is 4.74 Å². The molecule has 3 fully saturated rings. The van der Waals surface area contributed by atoms with E-state index >= 15 is 4.39 Å². The molecule has 2 saturated heterocycles. The zero-order valence-electron chi connectivity index (χ0n) is 16.2. The molecule has 156 valence electrons. The molecule has 3 N–H and O–H groups in total. The molecule has 0 bridgehead atoms. The molecule has 9 heteroatoms. The first kappa shape index (κ1) is 19.0. The van der Waals surface area contributed by atoms with Crippen LogP contribution >= 0.6 is 0 Å². The zero-order valence-corrected chi connectivity index (χ0v) is 16.2. The molecule has 0 unspecified atom stereocenters. The molecule has 3 heterocycles. The number of fused-ring (bicyclic) bond motifs is 2. The summed E-state index contributed by atoms with van der Waals surface area (Å²) in [6, 6.07) is 4.08. The lowest BCUT2D eigenvalue weighted by Crippen LogP contribution is -2.44. The molecule has 8 nitrogen and oxygen atoms in total. The third-order valence-electron chi connectivity index (χ3n) is 6.66. The number of nitrogens with two attached hydrogens (primary N) is 1. The number of nitrogens with zero attached hydrogens (tertiary/aromatic N) is 3. The summed E-state index contributed by atoms with van der Waals surface area (Å²) in [5, 5.41) is 19.7. The number of carboxylic acids is 1. The number of anilines is 1. The molecule has 0 radical (unpaired) electrons. The second kappa shape index (κ2) is 6.52. The number of aromatic carboxylic acids is 1. The normalized spacial score (nSPS) is 25.5. The van der Waals surface area contributed by atoms with Gasteiger partial charge < -0.3 is 25.0 Å². The summed E-state index contributed by atoms with van der Waals surface area (Å²) in [6.07, 6.45) is 2.29. The second-order valence-corrected chi connectivity index (χ2v) is 8.37. The molecule has 0 spiro atoms. The van der Waals surface area contributed by atoms with Gasteiger partial charge in [0.05, 0.1) is 16.6 Å². The average molecular weight is 412 g/mol. The highest BCUT2D eigenvalue weighted by Gasteiger charge is 2.51. The second-order valence-electron chi connectivity index (χ2n) is 8.37. The number of carboxylic acid groups (broad SMARTS) is 1. The molecule has 1 aromatic carbocycles. The highest BCUT2D eigenvalue weighted by atomic mass is 19.1. The van der Waals surface area contributed by atoms with Crippen LogP contribution in [0.25, 0.3) is 10.9 Å². The lowest BCUT2D eigenvalue weighted by molar-refractivity contribution is 0.0126. The first-order valence-corrected chi connectivity index (χ1v) is 10.0.